The van der Waals surface area contributed by atoms with E-state index in [4.69, 9.17) is 10.5 Å². The molecule has 9 heteroatoms. The molecule has 0 saturated carbocycles. The molecule has 0 spiro atoms. The van der Waals surface area contributed by atoms with E-state index >= 15 is 0 Å². The van der Waals surface area contributed by atoms with E-state index < -0.39 is 33.8 Å². The molecule has 2 N–H and O–H groups in total. The lowest BCUT2D eigenvalue weighted by Crippen LogP contribution is -2.49. The molecule has 0 bridgehead atoms. The highest BCUT2D eigenvalue weighted by Gasteiger charge is 2.44. The van der Waals surface area contributed by atoms with Crippen LogP contribution in [0, 0.1) is 29.4 Å². The number of piperidine rings is 1. The predicted molar refractivity (Wildman–Crippen MR) is 115 cm³/mol. The molecule has 31 heavy (non-hydrogen) atoms. The first-order valence-corrected chi connectivity index (χ1v) is 12.8. The van der Waals surface area contributed by atoms with Gasteiger partial charge in [-0.3, -0.25) is 4.90 Å². The Balaban J connectivity index is 1.37. The molecule has 0 aliphatic carbocycles. The van der Waals surface area contributed by atoms with Crippen molar-refractivity contribution >= 4 is 10.0 Å². The molecule has 3 aliphatic rings. The number of nitrogens with zero attached hydrogens (tertiary/aromatic N) is 2. The van der Waals surface area contributed by atoms with Crippen molar-refractivity contribution in [2.75, 3.05) is 38.5 Å². The molecule has 3 fully saturated rings. The SMILES string of the molecule is CC(C)CS(=O)(=O)N1CCC2CN([C@H]3CO[C@H](c4cc(F)ccc4F)[C@@H](N)C3)CC2C1. The predicted octanol–water partition coefficient (Wildman–Crippen LogP) is 2.36. The van der Waals surface area contributed by atoms with Crippen molar-refractivity contribution in [1.29, 1.82) is 0 Å². The summed E-state index contributed by atoms with van der Waals surface area (Å²) in [4.78, 5) is 2.35. The fraction of sp³-hybridized carbons (Fsp3) is 0.727. The summed E-state index contributed by atoms with van der Waals surface area (Å²) < 4.78 is 60.7. The highest BCUT2D eigenvalue weighted by atomic mass is 32.2. The van der Waals surface area contributed by atoms with Crippen LogP contribution in [-0.2, 0) is 14.8 Å². The summed E-state index contributed by atoms with van der Waals surface area (Å²) in [5, 5.41) is 0. The Labute approximate surface area is 183 Å². The summed E-state index contributed by atoms with van der Waals surface area (Å²) in [6.45, 7) is 7.15. The Morgan fingerprint density at radius 1 is 1.19 bits per heavy atom. The second-order valence-corrected chi connectivity index (χ2v) is 11.8. The average Bonchev–Trinajstić information content (AvgIpc) is 3.12. The molecule has 0 aromatic heterocycles. The lowest BCUT2D eigenvalue weighted by atomic mass is 9.90. The number of hydrogen-bond donors (Lipinski definition) is 1. The van der Waals surface area contributed by atoms with Crippen LogP contribution in [0.2, 0.25) is 0 Å². The van der Waals surface area contributed by atoms with Gasteiger partial charge in [0.25, 0.3) is 0 Å². The largest absolute Gasteiger partial charge is 0.370 e. The van der Waals surface area contributed by atoms with E-state index in [0.29, 0.717) is 38.0 Å². The van der Waals surface area contributed by atoms with Crippen LogP contribution in [0.4, 0.5) is 8.78 Å². The Kier molecular flexibility index (Phi) is 6.70. The number of hydrogen-bond acceptors (Lipinski definition) is 5. The molecule has 2 unspecified atom stereocenters. The first-order chi connectivity index (χ1) is 14.6. The fourth-order valence-corrected chi connectivity index (χ4v) is 7.26. The monoisotopic (exact) mass is 457 g/mol. The number of ether oxygens (including phenoxy) is 1. The molecule has 6 nitrogen and oxygen atoms in total. The standard InChI is InChI=1S/C22H33F2N3O3S/c1-14(2)13-31(28,29)27-6-5-15-9-26(10-16(15)11-27)18-8-21(25)22(30-12-18)19-7-17(23)3-4-20(19)24/h3-4,7,14-16,18,21-22H,5-6,8-13,25H2,1-2H3/t15?,16?,18-,21+,22-/m1/s1. The van der Waals surface area contributed by atoms with Crippen molar-refractivity contribution in [3.63, 3.8) is 0 Å². The second-order valence-electron chi connectivity index (χ2n) is 9.77. The van der Waals surface area contributed by atoms with Gasteiger partial charge in [-0.15, -0.1) is 0 Å². The third-order valence-electron chi connectivity index (χ3n) is 6.91. The quantitative estimate of drug-likeness (QED) is 0.735. The fourth-order valence-electron chi connectivity index (χ4n) is 5.40. The highest BCUT2D eigenvalue weighted by molar-refractivity contribution is 7.89. The average molecular weight is 458 g/mol. The summed E-state index contributed by atoms with van der Waals surface area (Å²) in [5.41, 5.74) is 6.50. The van der Waals surface area contributed by atoms with Gasteiger partial charge in [-0.05, 0) is 48.8 Å². The van der Waals surface area contributed by atoms with Crippen LogP contribution >= 0.6 is 0 Å². The van der Waals surface area contributed by atoms with Crippen molar-refractivity contribution < 1.29 is 21.9 Å². The molecule has 1 aromatic rings. The molecule has 4 rings (SSSR count). The molecule has 1 aromatic carbocycles. The van der Waals surface area contributed by atoms with Crippen LogP contribution in [0.3, 0.4) is 0 Å². The van der Waals surface area contributed by atoms with Gasteiger partial charge < -0.3 is 10.5 Å². The Hall–Kier alpha value is -1.13. The minimum Gasteiger partial charge on any atom is -0.370 e. The van der Waals surface area contributed by atoms with Crippen molar-refractivity contribution in [1.82, 2.24) is 9.21 Å². The van der Waals surface area contributed by atoms with Crippen LogP contribution in [0.1, 0.15) is 38.4 Å². The van der Waals surface area contributed by atoms with Crippen molar-refractivity contribution in [2.24, 2.45) is 23.5 Å². The van der Waals surface area contributed by atoms with E-state index in [-0.39, 0.29) is 23.3 Å². The number of nitrogens with two attached hydrogens (primary N) is 1. The maximum atomic E-state index is 14.2. The maximum Gasteiger partial charge on any atom is 0.214 e. The topological polar surface area (TPSA) is 75.9 Å². The van der Waals surface area contributed by atoms with Gasteiger partial charge in [0, 0.05) is 43.8 Å². The summed E-state index contributed by atoms with van der Waals surface area (Å²) in [5.74, 6) is 0.0762. The van der Waals surface area contributed by atoms with Gasteiger partial charge >= 0.3 is 0 Å². The van der Waals surface area contributed by atoms with Crippen LogP contribution < -0.4 is 5.73 Å². The van der Waals surface area contributed by atoms with E-state index in [0.717, 1.165) is 37.7 Å². The van der Waals surface area contributed by atoms with Crippen molar-refractivity contribution in [3.8, 4) is 0 Å². The van der Waals surface area contributed by atoms with E-state index in [1.165, 1.54) is 0 Å². The second kappa shape index (κ2) is 9.02. The Morgan fingerprint density at radius 2 is 1.94 bits per heavy atom. The molecular formula is C22H33F2N3O3S. The van der Waals surface area contributed by atoms with Gasteiger partial charge in [0.15, 0.2) is 0 Å². The van der Waals surface area contributed by atoms with Crippen LogP contribution in [0.15, 0.2) is 18.2 Å². The number of rotatable bonds is 5. The Morgan fingerprint density at radius 3 is 2.65 bits per heavy atom. The van der Waals surface area contributed by atoms with Crippen LogP contribution in [0.5, 0.6) is 0 Å². The van der Waals surface area contributed by atoms with E-state index in [1.54, 1.807) is 4.31 Å². The molecule has 3 saturated heterocycles. The highest BCUT2D eigenvalue weighted by Crippen LogP contribution is 2.37. The molecular weight excluding hydrogens is 424 g/mol. The zero-order valence-corrected chi connectivity index (χ0v) is 19.0. The lowest BCUT2D eigenvalue weighted by Gasteiger charge is -2.39. The molecule has 0 amide bonds. The molecule has 0 radical (unpaired) electrons. The minimum absolute atomic E-state index is 0.106. The van der Waals surface area contributed by atoms with Gasteiger partial charge in [-0.25, -0.2) is 21.5 Å². The third kappa shape index (κ3) is 4.95. The van der Waals surface area contributed by atoms with Crippen LogP contribution in [-0.4, -0.2) is 68.2 Å². The van der Waals surface area contributed by atoms with E-state index in [1.807, 2.05) is 13.8 Å². The normalized spacial score (nSPS) is 33.0. The van der Waals surface area contributed by atoms with Crippen LogP contribution in [0.25, 0.3) is 0 Å². The molecule has 3 heterocycles. The first-order valence-electron chi connectivity index (χ1n) is 11.2. The summed E-state index contributed by atoms with van der Waals surface area (Å²) in [6.07, 6.45) is 0.846. The molecule has 5 atom stereocenters. The number of benzene rings is 1. The van der Waals surface area contributed by atoms with Gasteiger partial charge in [0.05, 0.1) is 12.4 Å². The number of halogens is 2. The smallest absolute Gasteiger partial charge is 0.214 e. The van der Waals surface area contributed by atoms with E-state index in [2.05, 4.69) is 4.90 Å². The number of fused-ring (bicyclic) bond motifs is 1. The first kappa shape index (κ1) is 23.0. The molecule has 174 valence electrons. The van der Waals surface area contributed by atoms with Gasteiger partial charge in [-0.2, -0.15) is 0 Å². The maximum absolute atomic E-state index is 14.2. The minimum atomic E-state index is -3.21. The van der Waals surface area contributed by atoms with Gasteiger partial charge in [0.1, 0.15) is 17.7 Å². The van der Waals surface area contributed by atoms with Gasteiger partial charge in [0.2, 0.25) is 10.0 Å². The summed E-state index contributed by atoms with van der Waals surface area (Å²) in [6, 6.07) is 3.04. The van der Waals surface area contributed by atoms with Gasteiger partial charge in [-0.1, -0.05) is 13.8 Å². The third-order valence-corrected chi connectivity index (χ3v) is 9.12. The Bertz CT molecular complexity index is 898. The van der Waals surface area contributed by atoms with Crippen molar-refractivity contribution in [2.45, 2.75) is 44.9 Å². The summed E-state index contributed by atoms with van der Waals surface area (Å²) >= 11 is 0. The zero-order chi connectivity index (χ0) is 22.3. The van der Waals surface area contributed by atoms with E-state index in [9.17, 15) is 17.2 Å². The number of likely N-dealkylation sites (tertiary alicyclic amines) is 1. The molecule has 3 aliphatic heterocycles. The summed E-state index contributed by atoms with van der Waals surface area (Å²) in [7, 11) is -3.21. The lowest BCUT2D eigenvalue weighted by molar-refractivity contribution is -0.0480. The van der Waals surface area contributed by atoms with Crippen molar-refractivity contribution in [3.05, 3.63) is 35.4 Å². The zero-order valence-electron chi connectivity index (χ0n) is 18.2. The number of sulfonamides is 1.